The minimum atomic E-state index is -4.43. The molecule has 10 heteroatoms. The van der Waals surface area contributed by atoms with E-state index in [1.807, 2.05) is 0 Å². The summed E-state index contributed by atoms with van der Waals surface area (Å²) < 4.78 is 26.9. The van der Waals surface area contributed by atoms with Crippen molar-refractivity contribution in [1.29, 1.82) is 0 Å². The minimum absolute atomic E-state index is 0.0791. The molecule has 0 bridgehead atoms. The Morgan fingerprint density at radius 1 is 0.508 bits per heavy atom. The van der Waals surface area contributed by atoms with Gasteiger partial charge in [0, 0.05) is 19.4 Å². The zero-order valence-electron chi connectivity index (χ0n) is 39.4. The molecule has 0 radical (unpaired) electrons. The molecule has 0 fully saturated rings. The van der Waals surface area contributed by atoms with E-state index in [1.165, 1.54) is 141 Å². The van der Waals surface area contributed by atoms with Gasteiger partial charge >= 0.3 is 13.8 Å². The second kappa shape index (κ2) is 47.4. The molecule has 3 N–H and O–H groups in total. The molecule has 0 aliphatic carbocycles. The average molecular weight is 880 g/mol. The van der Waals surface area contributed by atoms with Crippen molar-refractivity contribution in [2.75, 3.05) is 26.4 Å². The summed E-state index contributed by atoms with van der Waals surface area (Å²) in [6.45, 7) is 3.52. The third-order valence-electron chi connectivity index (χ3n) is 10.8. The van der Waals surface area contributed by atoms with Gasteiger partial charge in [0.05, 0.1) is 13.2 Å². The van der Waals surface area contributed by atoms with E-state index in [1.54, 1.807) is 0 Å². The maximum atomic E-state index is 12.1. The van der Waals surface area contributed by atoms with Crippen molar-refractivity contribution in [3.8, 4) is 0 Å². The Morgan fingerprint density at radius 3 is 1.36 bits per heavy atom. The molecule has 0 aromatic rings. The summed E-state index contributed by atoms with van der Waals surface area (Å²) in [5.74, 6) is -0.541. The van der Waals surface area contributed by atoms with E-state index in [2.05, 4.69) is 67.8 Å². The Kier molecular flexibility index (Phi) is 45.9. The van der Waals surface area contributed by atoms with Crippen LogP contribution in [0.25, 0.3) is 0 Å². The Balaban J connectivity index is 3.59. The molecular weight excluding hydrogens is 786 g/mol. The number of hydrogen-bond acceptors (Lipinski definition) is 7. The number of carbonyl (C=O) groups is 2. The lowest BCUT2D eigenvalue weighted by Crippen LogP contribution is -2.27. The zero-order chi connectivity index (χ0) is 44.6. The van der Waals surface area contributed by atoms with Gasteiger partial charge in [0.15, 0.2) is 0 Å². The van der Waals surface area contributed by atoms with Crippen LogP contribution in [-0.4, -0.2) is 54.3 Å². The van der Waals surface area contributed by atoms with Crippen molar-refractivity contribution in [3.05, 3.63) is 48.6 Å². The van der Waals surface area contributed by atoms with E-state index in [-0.39, 0.29) is 32.1 Å². The average Bonchev–Trinajstić information content (AvgIpc) is 3.25. The zero-order valence-corrected chi connectivity index (χ0v) is 40.3. The molecule has 9 nitrogen and oxygen atoms in total. The Morgan fingerprint density at radius 2 is 0.885 bits per heavy atom. The van der Waals surface area contributed by atoms with Crippen LogP contribution >= 0.6 is 7.82 Å². The lowest BCUT2D eigenvalue weighted by molar-refractivity contribution is -0.147. The van der Waals surface area contributed by atoms with Crippen molar-refractivity contribution < 1.29 is 37.9 Å². The first-order valence-corrected chi connectivity index (χ1v) is 26.6. The summed E-state index contributed by atoms with van der Waals surface area (Å²) in [6.07, 6.45) is 56.2. The Bertz CT molecular complexity index is 1140. The smallest absolute Gasteiger partial charge is 0.463 e. The largest absolute Gasteiger partial charge is 0.472 e. The van der Waals surface area contributed by atoms with Gasteiger partial charge in [-0.1, -0.05) is 210 Å². The summed E-state index contributed by atoms with van der Waals surface area (Å²) in [7, 11) is -4.43. The molecule has 1 amide bonds. The number of phosphoric acid groups is 1. The van der Waals surface area contributed by atoms with Gasteiger partial charge in [0.1, 0.15) is 12.7 Å². The third kappa shape index (κ3) is 48.9. The maximum Gasteiger partial charge on any atom is 0.472 e. The van der Waals surface area contributed by atoms with E-state index in [0.717, 1.165) is 57.8 Å². The second-order valence-corrected chi connectivity index (χ2v) is 18.2. The molecule has 0 spiro atoms. The fourth-order valence-electron chi connectivity index (χ4n) is 6.95. The number of aliphatic hydroxyl groups excluding tert-OH is 1. The summed E-state index contributed by atoms with van der Waals surface area (Å²) in [5.41, 5.74) is 0. The quantitative estimate of drug-likeness (QED) is 0.0238. The van der Waals surface area contributed by atoms with Crippen molar-refractivity contribution in [1.82, 2.24) is 5.32 Å². The molecule has 61 heavy (non-hydrogen) atoms. The normalized spacial score (nSPS) is 13.6. The summed E-state index contributed by atoms with van der Waals surface area (Å²) >= 11 is 0. The molecular formula is C51H94NO8P. The summed E-state index contributed by atoms with van der Waals surface area (Å²) in [4.78, 5) is 34.0. The predicted molar refractivity (Wildman–Crippen MR) is 257 cm³/mol. The van der Waals surface area contributed by atoms with Crippen LogP contribution in [0.15, 0.2) is 48.6 Å². The number of rotatable bonds is 47. The molecule has 0 saturated heterocycles. The molecule has 356 valence electrons. The van der Waals surface area contributed by atoms with Crippen LogP contribution in [0.5, 0.6) is 0 Å². The van der Waals surface area contributed by atoms with Gasteiger partial charge in [0.25, 0.3) is 0 Å². The molecule has 0 saturated carbocycles. The van der Waals surface area contributed by atoms with Crippen LogP contribution in [-0.2, 0) is 27.9 Å². The number of hydrogen-bond donors (Lipinski definition) is 3. The van der Waals surface area contributed by atoms with Crippen LogP contribution in [0.2, 0.25) is 0 Å². The van der Waals surface area contributed by atoms with E-state index in [9.17, 15) is 24.2 Å². The lowest BCUT2D eigenvalue weighted by atomic mass is 10.0. The summed E-state index contributed by atoms with van der Waals surface area (Å²) in [5, 5.41) is 12.7. The molecule has 0 aromatic carbocycles. The number of aliphatic hydroxyl groups is 1. The Labute approximate surface area is 375 Å². The number of phosphoric ester groups is 1. The minimum Gasteiger partial charge on any atom is -0.463 e. The van der Waals surface area contributed by atoms with Gasteiger partial charge in [-0.3, -0.25) is 18.6 Å². The van der Waals surface area contributed by atoms with Crippen LogP contribution in [0, 0.1) is 0 Å². The highest BCUT2D eigenvalue weighted by Crippen LogP contribution is 2.42. The highest BCUT2D eigenvalue weighted by Gasteiger charge is 2.23. The molecule has 2 atom stereocenters. The van der Waals surface area contributed by atoms with E-state index < -0.39 is 26.5 Å². The fourth-order valence-corrected chi connectivity index (χ4v) is 7.71. The van der Waals surface area contributed by atoms with Crippen molar-refractivity contribution in [2.24, 2.45) is 0 Å². The van der Waals surface area contributed by atoms with Gasteiger partial charge in [-0.2, -0.15) is 0 Å². The molecule has 0 heterocycles. The molecule has 2 unspecified atom stereocenters. The van der Waals surface area contributed by atoms with Crippen LogP contribution in [0.4, 0.5) is 0 Å². The first-order chi connectivity index (χ1) is 29.8. The SMILES string of the molecule is CCCCC/C=C\C/C=C\C/C=C\C/C=C\CCCCCC(=O)OCC(O)COP(=O)(O)OCCNC(=O)CCCCCCCCCCCCCCCCCCCCCCC. The highest BCUT2D eigenvalue weighted by molar-refractivity contribution is 7.47. The number of ether oxygens (including phenoxy) is 1. The van der Waals surface area contributed by atoms with Crippen molar-refractivity contribution >= 4 is 19.7 Å². The fraction of sp³-hybridized carbons (Fsp3) is 0.804. The third-order valence-corrected chi connectivity index (χ3v) is 11.7. The number of esters is 1. The van der Waals surface area contributed by atoms with Gasteiger partial charge in [-0.05, 0) is 57.8 Å². The number of carbonyl (C=O) groups excluding carboxylic acids is 2. The highest BCUT2D eigenvalue weighted by atomic mass is 31.2. The van der Waals surface area contributed by atoms with Crippen molar-refractivity contribution in [2.45, 2.75) is 238 Å². The van der Waals surface area contributed by atoms with E-state index in [4.69, 9.17) is 13.8 Å². The molecule has 0 aliphatic heterocycles. The molecule has 0 aliphatic rings. The molecule has 0 aromatic heterocycles. The monoisotopic (exact) mass is 880 g/mol. The number of allylic oxidation sites excluding steroid dienone is 8. The van der Waals surface area contributed by atoms with Gasteiger partial charge in [-0.25, -0.2) is 4.57 Å². The standard InChI is InChI=1S/C51H94NO8P/c1-3-5-7-9-11-13-15-17-19-21-23-24-26-27-29-31-33-35-37-39-41-43-50(54)52-45-46-59-61(56,57)60-48-49(53)47-58-51(55)44-42-40-38-36-34-32-30-28-25-22-20-18-16-14-12-10-8-6-4-2/h12,14,18,20,25,28,32,34,49,53H,3-11,13,15-17,19,21-24,26-27,29-31,33,35-48H2,1-2H3,(H,52,54)(H,56,57)/b14-12-,20-18-,28-25-,34-32-. The summed E-state index contributed by atoms with van der Waals surface area (Å²) in [6, 6.07) is 0. The van der Waals surface area contributed by atoms with Crippen LogP contribution in [0.3, 0.4) is 0 Å². The molecule has 0 rings (SSSR count). The second-order valence-electron chi connectivity index (χ2n) is 16.8. The van der Waals surface area contributed by atoms with E-state index in [0.29, 0.717) is 12.8 Å². The van der Waals surface area contributed by atoms with E-state index >= 15 is 0 Å². The Hall–Kier alpha value is -2.03. The number of nitrogens with one attached hydrogen (secondary N) is 1. The van der Waals surface area contributed by atoms with Crippen LogP contribution < -0.4 is 5.32 Å². The van der Waals surface area contributed by atoms with Crippen LogP contribution in [0.1, 0.15) is 232 Å². The lowest BCUT2D eigenvalue weighted by Gasteiger charge is -2.15. The van der Waals surface area contributed by atoms with Crippen molar-refractivity contribution in [3.63, 3.8) is 0 Å². The number of unbranched alkanes of at least 4 members (excludes halogenated alkanes) is 26. The first kappa shape index (κ1) is 59.0. The topological polar surface area (TPSA) is 131 Å². The predicted octanol–water partition coefficient (Wildman–Crippen LogP) is 14.7. The maximum absolute atomic E-state index is 12.1. The van der Waals surface area contributed by atoms with Gasteiger partial charge in [-0.15, -0.1) is 0 Å². The first-order valence-electron chi connectivity index (χ1n) is 25.1. The van der Waals surface area contributed by atoms with Gasteiger partial charge in [0.2, 0.25) is 5.91 Å². The number of amides is 1. The van der Waals surface area contributed by atoms with Gasteiger partial charge < -0.3 is 20.1 Å².